The maximum absolute atomic E-state index is 12.6. The van der Waals surface area contributed by atoms with Gasteiger partial charge in [-0.05, 0) is 25.0 Å². The number of piperidine rings is 1. The van der Waals surface area contributed by atoms with E-state index in [1.807, 2.05) is 43.3 Å². The van der Waals surface area contributed by atoms with Crippen molar-refractivity contribution in [2.45, 2.75) is 31.5 Å². The molecular weight excluding hydrogens is 382 g/mol. The molecule has 2 heterocycles. The van der Waals surface area contributed by atoms with E-state index in [0.717, 1.165) is 11.3 Å². The van der Waals surface area contributed by atoms with Crippen LogP contribution in [0, 0.1) is 11.8 Å². The molecule has 0 aliphatic carbocycles. The molecule has 0 N–H and O–H groups in total. The Morgan fingerprint density at radius 2 is 1.83 bits per heavy atom. The van der Waals surface area contributed by atoms with Crippen molar-refractivity contribution in [1.82, 2.24) is 4.90 Å². The molecule has 4 atom stereocenters. The Morgan fingerprint density at radius 3 is 2.53 bits per heavy atom. The fourth-order valence-electron chi connectivity index (χ4n) is 4.96. The molecule has 0 saturated carbocycles. The number of fused-ring (bicyclic) bond motifs is 1. The summed E-state index contributed by atoms with van der Waals surface area (Å²) in [6, 6.07) is 18.1. The number of benzene rings is 2. The number of nitrogens with zero attached hydrogens (tertiary/aromatic N) is 1. The summed E-state index contributed by atoms with van der Waals surface area (Å²) in [7, 11) is 2.97. The summed E-state index contributed by atoms with van der Waals surface area (Å²) < 4.78 is 16.3. The van der Waals surface area contributed by atoms with Gasteiger partial charge in [0.15, 0.2) is 5.92 Å². The average molecular weight is 409 g/mol. The Labute approximate surface area is 176 Å². The van der Waals surface area contributed by atoms with Gasteiger partial charge >= 0.3 is 11.9 Å². The van der Waals surface area contributed by atoms with Gasteiger partial charge in [-0.2, -0.15) is 0 Å². The molecule has 6 heteroatoms. The third-order valence-electron chi connectivity index (χ3n) is 6.39. The van der Waals surface area contributed by atoms with Crippen LogP contribution in [0.2, 0.25) is 0 Å². The van der Waals surface area contributed by atoms with E-state index >= 15 is 0 Å². The second kappa shape index (κ2) is 8.11. The molecule has 0 bridgehead atoms. The van der Waals surface area contributed by atoms with Gasteiger partial charge in [-0.15, -0.1) is 0 Å². The first kappa shape index (κ1) is 20.4. The predicted octanol–water partition coefficient (Wildman–Crippen LogP) is 3.36. The number of rotatable bonds is 5. The highest BCUT2D eigenvalue weighted by Gasteiger charge is 2.60. The van der Waals surface area contributed by atoms with Crippen LogP contribution in [0.15, 0.2) is 54.6 Å². The fraction of sp³-hybridized carbons (Fsp3) is 0.417. The van der Waals surface area contributed by atoms with E-state index in [-0.39, 0.29) is 12.0 Å². The largest absolute Gasteiger partial charge is 0.496 e. The van der Waals surface area contributed by atoms with Crippen LogP contribution >= 0.6 is 0 Å². The summed E-state index contributed by atoms with van der Waals surface area (Å²) in [6.07, 6.45) is 0.592. The van der Waals surface area contributed by atoms with Gasteiger partial charge in [0.1, 0.15) is 11.4 Å². The van der Waals surface area contributed by atoms with Crippen LogP contribution < -0.4 is 4.74 Å². The molecule has 0 spiro atoms. The normalized spacial score (nSPS) is 28.5. The van der Waals surface area contributed by atoms with Crippen LogP contribution in [0.1, 0.15) is 30.5 Å². The highest BCUT2D eigenvalue weighted by atomic mass is 16.6. The monoisotopic (exact) mass is 409 g/mol. The zero-order chi connectivity index (χ0) is 21.3. The number of carbonyl (C=O) groups excluding carboxylic acids is 2. The van der Waals surface area contributed by atoms with Crippen molar-refractivity contribution in [2.75, 3.05) is 20.8 Å². The molecule has 30 heavy (non-hydrogen) atoms. The third kappa shape index (κ3) is 3.56. The van der Waals surface area contributed by atoms with E-state index in [0.29, 0.717) is 19.5 Å². The molecule has 0 amide bonds. The summed E-state index contributed by atoms with van der Waals surface area (Å²) in [5.41, 5.74) is 1.47. The van der Waals surface area contributed by atoms with Gasteiger partial charge in [0.05, 0.1) is 14.2 Å². The minimum Gasteiger partial charge on any atom is -0.496 e. The van der Waals surface area contributed by atoms with E-state index in [9.17, 15) is 9.59 Å². The lowest BCUT2D eigenvalue weighted by atomic mass is 9.72. The van der Waals surface area contributed by atoms with Crippen molar-refractivity contribution >= 4 is 11.9 Å². The topological polar surface area (TPSA) is 65.1 Å². The molecule has 2 saturated heterocycles. The van der Waals surface area contributed by atoms with Gasteiger partial charge in [0.2, 0.25) is 0 Å². The van der Waals surface area contributed by atoms with Crippen molar-refractivity contribution in [2.24, 2.45) is 11.8 Å². The number of ether oxygens (including phenoxy) is 3. The van der Waals surface area contributed by atoms with Crippen LogP contribution in [0.5, 0.6) is 5.75 Å². The van der Waals surface area contributed by atoms with E-state index in [1.165, 1.54) is 12.7 Å². The second-order valence-corrected chi connectivity index (χ2v) is 8.23. The van der Waals surface area contributed by atoms with Gasteiger partial charge < -0.3 is 14.2 Å². The highest BCUT2D eigenvalue weighted by Crippen LogP contribution is 2.50. The number of methoxy groups -OCH3 is 2. The molecule has 0 radical (unpaired) electrons. The van der Waals surface area contributed by atoms with E-state index in [4.69, 9.17) is 14.2 Å². The molecule has 0 unspecified atom stereocenters. The molecule has 2 aromatic rings. The standard InChI is InChI=1S/C24H27NO5/c1-24-15-25(14-16-9-5-4-6-10-16)19(17-11-7-8-12-20(17)28-2)13-18(24)21(22(26)29-3)23(27)30-24/h4-12,18-19,21H,13-15H2,1-3H3/t18-,19+,21+,24+/m0/s1. The van der Waals surface area contributed by atoms with E-state index in [2.05, 4.69) is 23.1 Å². The van der Waals surface area contributed by atoms with Crippen LogP contribution in [0.3, 0.4) is 0 Å². The zero-order valence-electron chi connectivity index (χ0n) is 17.5. The Hall–Kier alpha value is -2.86. The lowest BCUT2D eigenvalue weighted by Gasteiger charge is -2.46. The minimum absolute atomic E-state index is 0.0268. The lowest BCUT2D eigenvalue weighted by Crippen LogP contribution is -2.53. The summed E-state index contributed by atoms with van der Waals surface area (Å²) in [5, 5.41) is 0. The minimum atomic E-state index is -0.893. The third-order valence-corrected chi connectivity index (χ3v) is 6.39. The van der Waals surface area contributed by atoms with E-state index < -0.39 is 23.5 Å². The molecule has 6 nitrogen and oxygen atoms in total. The molecule has 2 aliphatic heterocycles. The molecular formula is C24H27NO5. The maximum atomic E-state index is 12.6. The zero-order valence-corrected chi connectivity index (χ0v) is 17.5. The summed E-state index contributed by atoms with van der Waals surface area (Å²) in [4.78, 5) is 27.3. The molecule has 4 rings (SSSR count). The van der Waals surface area contributed by atoms with Crippen molar-refractivity contribution in [3.05, 3.63) is 65.7 Å². The van der Waals surface area contributed by atoms with Gasteiger partial charge in [-0.1, -0.05) is 48.5 Å². The molecule has 2 fully saturated rings. The van der Waals surface area contributed by atoms with Crippen molar-refractivity contribution in [3.63, 3.8) is 0 Å². The summed E-state index contributed by atoms with van der Waals surface area (Å²) in [5.74, 6) is -1.38. The molecule has 2 aromatic carbocycles. The van der Waals surface area contributed by atoms with Crippen molar-refractivity contribution in [3.8, 4) is 5.75 Å². The van der Waals surface area contributed by atoms with Crippen LogP contribution in [-0.2, 0) is 25.6 Å². The quantitative estimate of drug-likeness (QED) is 0.557. The van der Waals surface area contributed by atoms with Gasteiger partial charge in [0, 0.05) is 30.6 Å². The van der Waals surface area contributed by atoms with Crippen LogP contribution in [-0.4, -0.2) is 43.2 Å². The predicted molar refractivity (Wildman–Crippen MR) is 111 cm³/mol. The van der Waals surface area contributed by atoms with Gasteiger partial charge in [-0.3, -0.25) is 14.5 Å². The Kier molecular flexibility index (Phi) is 5.52. The number of carbonyl (C=O) groups is 2. The van der Waals surface area contributed by atoms with Gasteiger partial charge in [0.25, 0.3) is 0 Å². The Morgan fingerprint density at radius 1 is 1.13 bits per heavy atom. The average Bonchev–Trinajstić information content (AvgIpc) is 3.02. The van der Waals surface area contributed by atoms with Crippen molar-refractivity contribution in [1.29, 1.82) is 0 Å². The number of esters is 2. The SMILES string of the molecule is COC(=O)[C@@H]1C(=O)O[C@]2(C)CN(Cc3ccccc3)[C@@H](c3ccccc3OC)C[C@@H]12. The number of para-hydroxylation sites is 1. The Bertz CT molecular complexity index is 930. The molecule has 0 aromatic heterocycles. The van der Waals surface area contributed by atoms with E-state index in [1.54, 1.807) is 7.11 Å². The number of hydrogen-bond donors (Lipinski definition) is 0. The molecule has 2 aliphatic rings. The first-order valence-corrected chi connectivity index (χ1v) is 10.2. The molecule has 158 valence electrons. The summed E-state index contributed by atoms with van der Waals surface area (Å²) in [6.45, 7) is 3.15. The number of likely N-dealkylation sites (tertiary alicyclic amines) is 1. The maximum Gasteiger partial charge on any atom is 0.321 e. The second-order valence-electron chi connectivity index (χ2n) is 8.23. The number of hydrogen-bond acceptors (Lipinski definition) is 6. The fourth-order valence-corrected chi connectivity index (χ4v) is 4.96. The first-order valence-electron chi connectivity index (χ1n) is 10.2. The Balaban J connectivity index is 1.74. The van der Waals surface area contributed by atoms with Crippen LogP contribution in [0.25, 0.3) is 0 Å². The summed E-state index contributed by atoms with van der Waals surface area (Å²) >= 11 is 0. The van der Waals surface area contributed by atoms with Gasteiger partial charge in [-0.25, -0.2) is 0 Å². The first-order chi connectivity index (χ1) is 14.5. The smallest absolute Gasteiger partial charge is 0.321 e. The lowest BCUT2D eigenvalue weighted by molar-refractivity contribution is -0.157. The van der Waals surface area contributed by atoms with Crippen molar-refractivity contribution < 1.29 is 23.8 Å². The highest BCUT2D eigenvalue weighted by molar-refractivity contribution is 5.97. The van der Waals surface area contributed by atoms with Crippen LogP contribution in [0.4, 0.5) is 0 Å².